The number of primary amides is 1. The number of hydrogen-bond donors (Lipinski definition) is 2. The summed E-state index contributed by atoms with van der Waals surface area (Å²) >= 11 is 4.51. The van der Waals surface area contributed by atoms with Gasteiger partial charge >= 0.3 is 5.97 Å². The van der Waals surface area contributed by atoms with Crippen LogP contribution in [0.1, 0.15) is 19.4 Å². The van der Waals surface area contributed by atoms with Crippen LogP contribution in [-0.4, -0.2) is 32.3 Å². The van der Waals surface area contributed by atoms with Crippen LogP contribution in [0.25, 0.3) is 11.0 Å². The lowest BCUT2D eigenvalue weighted by Crippen LogP contribution is -2.18. The number of hydrogen-bond acceptors (Lipinski definition) is 4. The monoisotopic (exact) mass is 371 g/mol. The molecular weight excluding hydrogens is 358 g/mol. The topological polar surface area (TPSA) is 98.2 Å². The van der Waals surface area contributed by atoms with Crippen molar-refractivity contribution in [3.63, 3.8) is 0 Å². The first kappa shape index (κ1) is 15.8. The number of carbonyl (C=O) groups is 2. The molecule has 21 heavy (non-hydrogen) atoms. The summed E-state index contributed by atoms with van der Waals surface area (Å²) in [6.07, 6.45) is 0.169. The molecule has 0 saturated heterocycles. The minimum absolute atomic E-state index is 0.0895. The van der Waals surface area contributed by atoms with Crippen LogP contribution in [-0.2, 0) is 9.59 Å². The number of imidazole rings is 1. The Kier molecular flexibility index (Phi) is 4.89. The second-order valence-corrected chi connectivity index (χ2v) is 6.46. The lowest BCUT2D eigenvalue weighted by atomic mass is 10.2. The predicted octanol–water partition coefficient (Wildman–Crippen LogP) is 2.41. The number of carboxylic acids is 1. The Hall–Kier alpha value is -1.54. The smallest absolute Gasteiger partial charge is 0.313 e. The quantitative estimate of drug-likeness (QED) is 0.759. The fourth-order valence-electron chi connectivity index (χ4n) is 2.09. The number of carbonyl (C=O) groups excluding carboxylic acids is 1. The molecule has 0 radical (unpaired) electrons. The molecule has 112 valence electrons. The number of aromatic nitrogens is 2. The number of aliphatic carboxylic acids is 1. The van der Waals surface area contributed by atoms with Crippen LogP contribution >= 0.6 is 27.7 Å². The Balaban J connectivity index is 2.48. The number of halogens is 1. The minimum Gasteiger partial charge on any atom is -0.481 e. The van der Waals surface area contributed by atoms with E-state index in [1.54, 1.807) is 0 Å². The molecular formula is C13H14BrN3O3S. The average molecular weight is 372 g/mol. The summed E-state index contributed by atoms with van der Waals surface area (Å²) in [6, 6.07) is 5.43. The van der Waals surface area contributed by atoms with Crippen LogP contribution in [0.5, 0.6) is 0 Å². The molecule has 1 aromatic carbocycles. The second-order valence-electron chi connectivity index (χ2n) is 4.60. The molecule has 1 aromatic heterocycles. The number of amides is 1. The van der Waals surface area contributed by atoms with Crippen molar-refractivity contribution >= 4 is 50.6 Å². The number of carboxylic acid groups (broad SMARTS) is 1. The number of fused-ring (bicyclic) bond motifs is 1. The maximum Gasteiger partial charge on any atom is 0.313 e. The van der Waals surface area contributed by atoms with E-state index in [-0.39, 0.29) is 18.2 Å². The molecule has 0 saturated carbocycles. The summed E-state index contributed by atoms with van der Waals surface area (Å²) in [5.74, 6) is -1.41. The second kappa shape index (κ2) is 6.48. The maximum atomic E-state index is 11.2. The number of nitrogens with two attached hydrogens (primary N) is 1. The fraction of sp³-hybridized carbons (Fsp3) is 0.308. The normalized spacial score (nSPS) is 12.5. The molecule has 2 rings (SSSR count). The van der Waals surface area contributed by atoms with Crippen LogP contribution in [0.15, 0.2) is 27.8 Å². The van der Waals surface area contributed by atoms with Crippen molar-refractivity contribution < 1.29 is 14.7 Å². The van der Waals surface area contributed by atoms with Gasteiger partial charge in [0.2, 0.25) is 5.91 Å². The van der Waals surface area contributed by atoms with E-state index < -0.39 is 11.9 Å². The Bertz CT molecular complexity index is 701. The van der Waals surface area contributed by atoms with Gasteiger partial charge in [0, 0.05) is 16.9 Å². The van der Waals surface area contributed by atoms with Gasteiger partial charge in [-0.05, 0) is 25.1 Å². The van der Waals surface area contributed by atoms with Gasteiger partial charge in [0.1, 0.15) is 0 Å². The van der Waals surface area contributed by atoms with Gasteiger partial charge in [0.05, 0.1) is 16.8 Å². The predicted molar refractivity (Wildman–Crippen MR) is 84.3 cm³/mol. The van der Waals surface area contributed by atoms with Gasteiger partial charge in [-0.2, -0.15) is 0 Å². The molecule has 0 aliphatic carbocycles. The van der Waals surface area contributed by atoms with Gasteiger partial charge in [-0.3, -0.25) is 9.59 Å². The fourth-order valence-corrected chi connectivity index (χ4v) is 3.27. The summed E-state index contributed by atoms with van der Waals surface area (Å²) in [4.78, 5) is 26.4. The molecule has 1 amide bonds. The van der Waals surface area contributed by atoms with E-state index in [1.807, 2.05) is 29.7 Å². The minimum atomic E-state index is -0.914. The first-order chi connectivity index (χ1) is 9.88. The molecule has 3 N–H and O–H groups in total. The van der Waals surface area contributed by atoms with Crippen molar-refractivity contribution in [2.75, 3.05) is 5.75 Å². The van der Waals surface area contributed by atoms with Gasteiger partial charge in [0.25, 0.3) is 0 Å². The van der Waals surface area contributed by atoms with Gasteiger partial charge in [-0.25, -0.2) is 4.98 Å². The molecule has 2 aromatic rings. The molecule has 0 aliphatic heterocycles. The molecule has 8 heteroatoms. The molecule has 6 nitrogen and oxygen atoms in total. The third kappa shape index (κ3) is 3.76. The van der Waals surface area contributed by atoms with Crippen LogP contribution in [0.3, 0.4) is 0 Å². The molecule has 1 heterocycles. The van der Waals surface area contributed by atoms with E-state index in [4.69, 9.17) is 10.8 Å². The van der Waals surface area contributed by atoms with Crippen LogP contribution in [0.4, 0.5) is 0 Å². The van der Waals surface area contributed by atoms with Crippen molar-refractivity contribution in [2.45, 2.75) is 24.5 Å². The number of benzene rings is 1. The van der Waals surface area contributed by atoms with E-state index in [2.05, 4.69) is 20.9 Å². The van der Waals surface area contributed by atoms with Crippen molar-refractivity contribution in [3.8, 4) is 0 Å². The summed E-state index contributed by atoms with van der Waals surface area (Å²) in [5.41, 5.74) is 6.85. The lowest BCUT2D eigenvalue weighted by Gasteiger charge is -2.15. The molecule has 0 spiro atoms. The Morgan fingerprint density at radius 3 is 2.86 bits per heavy atom. The Morgan fingerprint density at radius 1 is 1.52 bits per heavy atom. The van der Waals surface area contributed by atoms with Crippen molar-refractivity contribution in [1.82, 2.24) is 9.55 Å². The third-order valence-electron chi connectivity index (χ3n) is 2.88. The van der Waals surface area contributed by atoms with Crippen molar-refractivity contribution in [2.24, 2.45) is 5.73 Å². The van der Waals surface area contributed by atoms with Gasteiger partial charge in [-0.1, -0.05) is 27.7 Å². The summed E-state index contributed by atoms with van der Waals surface area (Å²) in [5, 5.41) is 9.40. The van der Waals surface area contributed by atoms with E-state index in [1.165, 1.54) is 0 Å². The van der Waals surface area contributed by atoms with Gasteiger partial charge in [0.15, 0.2) is 5.16 Å². The van der Waals surface area contributed by atoms with Crippen molar-refractivity contribution in [1.29, 1.82) is 0 Å². The first-order valence-electron chi connectivity index (χ1n) is 6.19. The largest absolute Gasteiger partial charge is 0.481 e. The molecule has 0 fully saturated rings. The van der Waals surface area contributed by atoms with Crippen LogP contribution < -0.4 is 5.73 Å². The zero-order valence-corrected chi connectivity index (χ0v) is 13.6. The Morgan fingerprint density at radius 2 is 2.24 bits per heavy atom. The first-order valence-corrected chi connectivity index (χ1v) is 7.96. The number of thioether (sulfide) groups is 1. The highest BCUT2D eigenvalue weighted by atomic mass is 79.9. The van der Waals surface area contributed by atoms with E-state index in [9.17, 15) is 9.59 Å². The zero-order valence-electron chi connectivity index (χ0n) is 11.2. The number of rotatable bonds is 6. The van der Waals surface area contributed by atoms with E-state index in [0.717, 1.165) is 27.3 Å². The standard InChI is InChI=1S/C13H14BrN3O3S/c1-7(4-11(15)18)17-10-3-2-8(14)5-9(10)16-13(17)21-6-12(19)20/h2-3,5,7H,4,6H2,1H3,(H2,15,18)(H,19,20). The lowest BCUT2D eigenvalue weighted by molar-refractivity contribution is -0.134. The Labute approximate surface area is 133 Å². The van der Waals surface area contributed by atoms with Crippen LogP contribution in [0.2, 0.25) is 0 Å². The van der Waals surface area contributed by atoms with Crippen molar-refractivity contribution in [3.05, 3.63) is 22.7 Å². The molecule has 1 atom stereocenters. The highest BCUT2D eigenvalue weighted by Crippen LogP contribution is 2.30. The van der Waals surface area contributed by atoms with Crippen LogP contribution in [0, 0.1) is 0 Å². The summed E-state index contributed by atoms with van der Waals surface area (Å²) in [6.45, 7) is 1.86. The third-order valence-corrected chi connectivity index (χ3v) is 4.31. The maximum absolute atomic E-state index is 11.2. The molecule has 0 aliphatic rings. The van der Waals surface area contributed by atoms with E-state index in [0.29, 0.717) is 5.16 Å². The highest BCUT2D eigenvalue weighted by molar-refractivity contribution is 9.10. The molecule has 1 unspecified atom stereocenters. The molecule has 0 bridgehead atoms. The van der Waals surface area contributed by atoms with Gasteiger partial charge in [-0.15, -0.1) is 0 Å². The summed E-state index contributed by atoms with van der Waals surface area (Å²) < 4.78 is 2.75. The number of nitrogens with zero attached hydrogens (tertiary/aromatic N) is 2. The summed E-state index contributed by atoms with van der Waals surface area (Å²) in [7, 11) is 0. The zero-order chi connectivity index (χ0) is 15.6. The van der Waals surface area contributed by atoms with E-state index >= 15 is 0 Å². The highest BCUT2D eigenvalue weighted by Gasteiger charge is 2.18. The SMILES string of the molecule is CC(CC(N)=O)n1c(SCC(=O)O)nc2cc(Br)ccc21. The van der Waals surface area contributed by atoms with Gasteiger partial charge < -0.3 is 15.4 Å². The average Bonchev–Trinajstić information content (AvgIpc) is 2.72.